The van der Waals surface area contributed by atoms with Gasteiger partial charge in [0.15, 0.2) is 0 Å². The van der Waals surface area contributed by atoms with E-state index < -0.39 is 5.97 Å². The third-order valence-corrected chi connectivity index (χ3v) is 4.08. The molecule has 1 aliphatic rings. The summed E-state index contributed by atoms with van der Waals surface area (Å²) in [7, 11) is 0. The topological polar surface area (TPSA) is 53.4 Å². The first-order chi connectivity index (χ1) is 9.13. The molecule has 1 saturated heterocycles. The summed E-state index contributed by atoms with van der Waals surface area (Å²) in [5.41, 5.74) is 0.127. The average molecular weight is 283 g/mol. The van der Waals surface area contributed by atoms with Gasteiger partial charge in [0.25, 0.3) is 0 Å². The molecule has 1 aliphatic heterocycles. The number of carboxylic acids is 1. The molecule has 0 radical (unpaired) electrons. The van der Waals surface area contributed by atoms with Crippen LogP contribution in [0.3, 0.4) is 0 Å². The van der Waals surface area contributed by atoms with Crippen LogP contribution in [0.5, 0.6) is 0 Å². The lowest BCUT2D eigenvalue weighted by Crippen LogP contribution is -2.34. The molecule has 0 amide bonds. The Balaban J connectivity index is 2.11. The van der Waals surface area contributed by atoms with Crippen LogP contribution >= 0.6 is 11.6 Å². The summed E-state index contributed by atoms with van der Waals surface area (Å²) in [6.45, 7) is 4.02. The zero-order valence-corrected chi connectivity index (χ0v) is 11.9. The minimum atomic E-state index is -1.01. The predicted octanol–water partition coefficient (Wildman–Crippen LogP) is 3.45. The van der Waals surface area contributed by atoms with E-state index in [9.17, 15) is 4.79 Å². The molecular weight excluding hydrogens is 264 g/mol. The number of carbonyl (C=O) groups is 1. The highest BCUT2D eigenvalue weighted by atomic mass is 35.5. The summed E-state index contributed by atoms with van der Waals surface area (Å²) in [4.78, 5) is 17.4. The molecule has 0 aromatic carbocycles. The first-order valence-electron chi connectivity index (χ1n) is 6.76. The molecule has 0 saturated carbocycles. The van der Waals surface area contributed by atoms with E-state index in [1.807, 2.05) is 0 Å². The number of piperidine rings is 1. The van der Waals surface area contributed by atoms with Crippen molar-refractivity contribution in [2.45, 2.75) is 32.6 Å². The Morgan fingerprint density at radius 1 is 1.53 bits per heavy atom. The highest BCUT2D eigenvalue weighted by molar-refractivity contribution is 6.35. The maximum Gasteiger partial charge on any atom is 0.337 e. The molecule has 1 N–H and O–H groups in total. The van der Waals surface area contributed by atoms with Crippen LogP contribution in [0.1, 0.15) is 43.0 Å². The number of nitrogens with zero attached hydrogens (tertiary/aromatic N) is 2. The predicted molar refractivity (Wildman–Crippen MR) is 76.1 cm³/mol. The van der Waals surface area contributed by atoms with Crippen LogP contribution in [0, 0.1) is 5.92 Å². The van der Waals surface area contributed by atoms with E-state index in [0.717, 1.165) is 31.8 Å². The highest BCUT2D eigenvalue weighted by Crippen LogP contribution is 2.31. The molecule has 1 aromatic rings. The largest absolute Gasteiger partial charge is 0.478 e. The van der Waals surface area contributed by atoms with Gasteiger partial charge >= 0.3 is 5.97 Å². The normalized spacial score (nSPS) is 16.6. The maximum atomic E-state index is 11.1. The molecule has 0 spiro atoms. The Morgan fingerprint density at radius 3 is 2.79 bits per heavy atom. The second-order valence-electron chi connectivity index (χ2n) is 5.02. The number of hydrogen-bond acceptors (Lipinski definition) is 3. The molecule has 104 valence electrons. The van der Waals surface area contributed by atoms with E-state index in [0.29, 0.717) is 5.82 Å². The summed E-state index contributed by atoms with van der Waals surface area (Å²) < 4.78 is 0. The minimum absolute atomic E-state index is 0.127. The van der Waals surface area contributed by atoms with Gasteiger partial charge < -0.3 is 10.0 Å². The van der Waals surface area contributed by atoms with E-state index >= 15 is 0 Å². The first-order valence-corrected chi connectivity index (χ1v) is 7.14. The van der Waals surface area contributed by atoms with Crippen molar-refractivity contribution in [2.75, 3.05) is 18.0 Å². The number of rotatable bonds is 4. The molecule has 2 rings (SSSR count). The highest BCUT2D eigenvalue weighted by Gasteiger charge is 2.23. The molecule has 1 aromatic heterocycles. The Bertz CT molecular complexity index is 457. The van der Waals surface area contributed by atoms with E-state index in [4.69, 9.17) is 16.7 Å². The van der Waals surface area contributed by atoms with Crippen molar-refractivity contribution in [1.29, 1.82) is 0 Å². The number of aromatic nitrogens is 1. The first kappa shape index (κ1) is 14.1. The molecule has 2 heterocycles. The fourth-order valence-electron chi connectivity index (χ4n) is 2.66. The molecule has 4 nitrogen and oxygen atoms in total. The maximum absolute atomic E-state index is 11.1. The summed E-state index contributed by atoms with van der Waals surface area (Å²) in [5, 5.41) is 9.32. The van der Waals surface area contributed by atoms with Crippen LogP contribution in [0.2, 0.25) is 5.02 Å². The molecule has 0 unspecified atom stereocenters. The van der Waals surface area contributed by atoms with Crippen LogP contribution in [0.15, 0.2) is 12.3 Å². The van der Waals surface area contributed by atoms with Crippen molar-refractivity contribution < 1.29 is 9.90 Å². The van der Waals surface area contributed by atoms with E-state index in [1.54, 1.807) is 0 Å². The van der Waals surface area contributed by atoms with E-state index in [-0.39, 0.29) is 10.6 Å². The summed E-state index contributed by atoms with van der Waals surface area (Å²) in [6, 6.07) is 1.44. The van der Waals surface area contributed by atoms with Gasteiger partial charge in [-0.15, -0.1) is 0 Å². The van der Waals surface area contributed by atoms with Crippen LogP contribution in [0.4, 0.5) is 5.82 Å². The Kier molecular flexibility index (Phi) is 4.64. The van der Waals surface area contributed by atoms with Gasteiger partial charge in [0, 0.05) is 19.3 Å². The summed E-state index contributed by atoms with van der Waals surface area (Å²) >= 11 is 6.15. The SMILES string of the molecule is CCCC1CCN(c2nccc(C(=O)O)c2Cl)CC1. The fourth-order valence-corrected chi connectivity index (χ4v) is 2.97. The van der Waals surface area contributed by atoms with Crippen LogP contribution in [-0.2, 0) is 0 Å². The van der Waals surface area contributed by atoms with E-state index in [1.165, 1.54) is 25.1 Å². The lowest BCUT2D eigenvalue weighted by Gasteiger charge is -2.33. The number of hydrogen-bond donors (Lipinski definition) is 1. The lowest BCUT2D eigenvalue weighted by molar-refractivity contribution is 0.0697. The van der Waals surface area contributed by atoms with Crippen LogP contribution < -0.4 is 4.90 Å². The lowest BCUT2D eigenvalue weighted by atomic mass is 9.92. The third-order valence-electron chi connectivity index (χ3n) is 3.71. The van der Waals surface area contributed by atoms with Gasteiger partial charge in [0.05, 0.1) is 10.6 Å². The molecule has 0 bridgehead atoms. The monoisotopic (exact) mass is 282 g/mol. The van der Waals surface area contributed by atoms with Crippen LogP contribution in [-0.4, -0.2) is 29.1 Å². The van der Waals surface area contributed by atoms with Gasteiger partial charge in [-0.2, -0.15) is 0 Å². The van der Waals surface area contributed by atoms with Gasteiger partial charge in [-0.1, -0.05) is 31.4 Å². The number of anilines is 1. The summed E-state index contributed by atoms with van der Waals surface area (Å²) in [6.07, 6.45) is 6.26. The molecular formula is C14H19ClN2O2. The molecule has 5 heteroatoms. The Morgan fingerprint density at radius 2 is 2.21 bits per heavy atom. The number of pyridine rings is 1. The third kappa shape index (κ3) is 3.18. The molecule has 1 fully saturated rings. The van der Waals surface area contributed by atoms with Gasteiger partial charge in [0.1, 0.15) is 5.82 Å². The minimum Gasteiger partial charge on any atom is -0.478 e. The van der Waals surface area contributed by atoms with Crippen molar-refractivity contribution >= 4 is 23.4 Å². The molecule has 19 heavy (non-hydrogen) atoms. The van der Waals surface area contributed by atoms with Crippen molar-refractivity contribution in [3.8, 4) is 0 Å². The van der Waals surface area contributed by atoms with Gasteiger partial charge in [0.2, 0.25) is 0 Å². The number of aromatic carboxylic acids is 1. The number of carboxylic acid groups (broad SMARTS) is 1. The average Bonchev–Trinajstić information content (AvgIpc) is 2.40. The molecule has 0 atom stereocenters. The van der Waals surface area contributed by atoms with Crippen molar-refractivity contribution in [1.82, 2.24) is 4.98 Å². The quantitative estimate of drug-likeness (QED) is 0.919. The second kappa shape index (κ2) is 6.24. The second-order valence-corrected chi connectivity index (χ2v) is 5.40. The molecule has 0 aliphatic carbocycles. The van der Waals surface area contributed by atoms with Gasteiger partial charge in [-0.05, 0) is 24.8 Å². The zero-order chi connectivity index (χ0) is 13.8. The van der Waals surface area contributed by atoms with Crippen LogP contribution in [0.25, 0.3) is 0 Å². The summed E-state index contributed by atoms with van der Waals surface area (Å²) in [5.74, 6) is 0.383. The smallest absolute Gasteiger partial charge is 0.337 e. The van der Waals surface area contributed by atoms with Gasteiger partial charge in [-0.3, -0.25) is 0 Å². The Labute approximate surface area is 118 Å². The van der Waals surface area contributed by atoms with Gasteiger partial charge in [-0.25, -0.2) is 9.78 Å². The van der Waals surface area contributed by atoms with Crippen molar-refractivity contribution in [3.05, 3.63) is 22.8 Å². The van der Waals surface area contributed by atoms with E-state index in [2.05, 4.69) is 16.8 Å². The number of halogens is 1. The van der Waals surface area contributed by atoms with Crippen molar-refractivity contribution in [2.24, 2.45) is 5.92 Å². The fraction of sp³-hybridized carbons (Fsp3) is 0.571. The zero-order valence-electron chi connectivity index (χ0n) is 11.1. The Hall–Kier alpha value is -1.29. The standard InChI is InChI=1S/C14H19ClN2O2/c1-2-3-10-5-8-17(9-6-10)13-12(15)11(14(18)19)4-7-16-13/h4,7,10H,2-3,5-6,8-9H2,1H3,(H,18,19). The van der Waals surface area contributed by atoms with Crippen molar-refractivity contribution in [3.63, 3.8) is 0 Å².